The first-order chi connectivity index (χ1) is 15.2. The maximum Gasteiger partial charge on any atom is 0.416 e. The summed E-state index contributed by atoms with van der Waals surface area (Å²) in [5, 5.41) is 12.0. The topological polar surface area (TPSA) is 69.0 Å². The van der Waals surface area contributed by atoms with E-state index in [0.29, 0.717) is 33.3 Å². The van der Waals surface area contributed by atoms with Crippen LogP contribution in [-0.4, -0.2) is 26.4 Å². The first-order valence-corrected chi connectivity index (χ1v) is 11.0. The highest BCUT2D eigenvalue weighted by Gasteiger charge is 2.30. The third-order valence-corrected chi connectivity index (χ3v) is 5.88. The number of alkyl halides is 3. The minimum Gasteiger partial charge on any atom is -0.486 e. The molecule has 0 spiro atoms. The number of halogens is 5. The highest BCUT2D eigenvalue weighted by atomic mass is 35.5. The standard InChI is InChI=1S/C20H17Cl2F3N4O2S/c1-2-29-17(10-31-14-5-3-4-12(8-14)20(23,24)25)27-28-19(29)32-11-18(30)26-13-6-7-15(21)16(22)9-13/h3-9H,2,10-11H2,1H3,(H,26,30). The molecule has 1 N–H and O–H groups in total. The Balaban J connectivity index is 1.59. The molecule has 3 rings (SSSR count). The van der Waals surface area contributed by atoms with Gasteiger partial charge in [-0.15, -0.1) is 10.2 Å². The number of thioether (sulfide) groups is 1. The predicted molar refractivity (Wildman–Crippen MR) is 117 cm³/mol. The van der Waals surface area contributed by atoms with Crippen molar-refractivity contribution < 1.29 is 22.7 Å². The molecule has 0 atom stereocenters. The molecule has 32 heavy (non-hydrogen) atoms. The summed E-state index contributed by atoms with van der Waals surface area (Å²) in [5.41, 5.74) is -0.284. The number of anilines is 1. The van der Waals surface area contributed by atoms with Gasteiger partial charge in [0, 0.05) is 12.2 Å². The SMILES string of the molecule is CCn1c(COc2cccc(C(F)(F)F)c2)nnc1SCC(=O)Nc1ccc(Cl)c(Cl)c1. The van der Waals surface area contributed by atoms with E-state index in [-0.39, 0.29) is 24.0 Å². The molecule has 0 radical (unpaired) electrons. The second-order valence-corrected chi connectivity index (χ2v) is 8.18. The molecule has 1 heterocycles. The molecule has 1 amide bonds. The molecule has 0 saturated heterocycles. The van der Waals surface area contributed by atoms with E-state index in [0.717, 1.165) is 12.1 Å². The van der Waals surface area contributed by atoms with Crippen LogP contribution in [0.3, 0.4) is 0 Å². The van der Waals surface area contributed by atoms with Gasteiger partial charge in [-0.1, -0.05) is 41.0 Å². The van der Waals surface area contributed by atoms with Crippen LogP contribution >= 0.6 is 35.0 Å². The Morgan fingerprint density at radius 1 is 1.16 bits per heavy atom. The molecule has 12 heteroatoms. The number of hydrogen-bond acceptors (Lipinski definition) is 5. The average Bonchev–Trinajstić information content (AvgIpc) is 3.15. The molecule has 2 aromatic carbocycles. The third-order valence-electron chi connectivity index (χ3n) is 4.17. The number of carbonyl (C=O) groups excluding carboxylic acids is 1. The molecule has 170 valence electrons. The monoisotopic (exact) mass is 504 g/mol. The Labute approximate surface area is 196 Å². The van der Waals surface area contributed by atoms with Crippen LogP contribution < -0.4 is 10.1 Å². The molecule has 0 fully saturated rings. The highest BCUT2D eigenvalue weighted by Crippen LogP contribution is 2.31. The van der Waals surface area contributed by atoms with Gasteiger partial charge in [-0.05, 0) is 43.3 Å². The second kappa shape index (κ2) is 10.5. The number of amides is 1. The van der Waals surface area contributed by atoms with Gasteiger partial charge >= 0.3 is 6.18 Å². The van der Waals surface area contributed by atoms with Crippen molar-refractivity contribution in [1.82, 2.24) is 14.8 Å². The van der Waals surface area contributed by atoms with Crippen LogP contribution in [0.25, 0.3) is 0 Å². The van der Waals surface area contributed by atoms with Crippen LogP contribution in [0.4, 0.5) is 18.9 Å². The minimum atomic E-state index is -4.45. The number of carbonyl (C=O) groups is 1. The van der Waals surface area contributed by atoms with Crippen LogP contribution in [-0.2, 0) is 24.1 Å². The zero-order valence-corrected chi connectivity index (χ0v) is 18.9. The van der Waals surface area contributed by atoms with Gasteiger partial charge in [-0.25, -0.2) is 0 Å². The summed E-state index contributed by atoms with van der Waals surface area (Å²) >= 11 is 13.0. The molecule has 3 aromatic rings. The van der Waals surface area contributed by atoms with Gasteiger partial charge in [0.15, 0.2) is 11.0 Å². The summed E-state index contributed by atoms with van der Waals surface area (Å²) in [6.45, 7) is 2.28. The van der Waals surface area contributed by atoms with Gasteiger partial charge in [0.2, 0.25) is 5.91 Å². The maximum atomic E-state index is 12.8. The average molecular weight is 505 g/mol. The normalized spacial score (nSPS) is 11.4. The number of aromatic nitrogens is 3. The maximum absolute atomic E-state index is 12.8. The number of benzene rings is 2. The van der Waals surface area contributed by atoms with E-state index in [2.05, 4.69) is 15.5 Å². The summed E-state index contributed by atoms with van der Waals surface area (Å²) in [5.74, 6) is 0.283. The van der Waals surface area contributed by atoms with Crippen molar-refractivity contribution in [2.45, 2.75) is 31.4 Å². The van der Waals surface area contributed by atoms with Gasteiger partial charge in [-0.2, -0.15) is 13.2 Å². The van der Waals surface area contributed by atoms with Crippen molar-refractivity contribution >= 4 is 46.6 Å². The number of nitrogens with one attached hydrogen (secondary N) is 1. The lowest BCUT2D eigenvalue weighted by Crippen LogP contribution is -2.15. The fraction of sp³-hybridized carbons (Fsp3) is 0.250. The number of ether oxygens (including phenoxy) is 1. The van der Waals surface area contributed by atoms with E-state index in [9.17, 15) is 18.0 Å². The van der Waals surface area contributed by atoms with Gasteiger partial charge in [-0.3, -0.25) is 4.79 Å². The van der Waals surface area contributed by atoms with Crippen LogP contribution in [0, 0.1) is 0 Å². The van der Waals surface area contributed by atoms with Crippen molar-refractivity contribution in [3.63, 3.8) is 0 Å². The van der Waals surface area contributed by atoms with Crippen LogP contribution in [0.2, 0.25) is 10.0 Å². The van der Waals surface area contributed by atoms with Crippen molar-refractivity contribution in [1.29, 1.82) is 0 Å². The molecular formula is C20H17Cl2F3N4O2S. The van der Waals surface area contributed by atoms with Crippen molar-refractivity contribution in [3.8, 4) is 5.75 Å². The van der Waals surface area contributed by atoms with Crippen LogP contribution in [0.5, 0.6) is 5.75 Å². The van der Waals surface area contributed by atoms with Gasteiger partial charge in [0.1, 0.15) is 12.4 Å². The molecule has 0 unspecified atom stereocenters. The van der Waals surface area contributed by atoms with E-state index in [4.69, 9.17) is 27.9 Å². The summed E-state index contributed by atoms with van der Waals surface area (Å²) in [4.78, 5) is 12.2. The zero-order valence-electron chi connectivity index (χ0n) is 16.6. The number of nitrogens with zero attached hydrogens (tertiary/aromatic N) is 3. The van der Waals surface area contributed by atoms with E-state index in [1.807, 2.05) is 6.92 Å². The molecular weight excluding hydrogens is 488 g/mol. The molecule has 0 aliphatic rings. The van der Waals surface area contributed by atoms with Crippen LogP contribution in [0.15, 0.2) is 47.6 Å². The van der Waals surface area contributed by atoms with Crippen molar-refractivity contribution in [2.75, 3.05) is 11.1 Å². The zero-order chi connectivity index (χ0) is 23.3. The molecule has 0 aliphatic heterocycles. The summed E-state index contributed by atoms with van der Waals surface area (Å²) < 4.78 is 45.7. The van der Waals surface area contributed by atoms with E-state index >= 15 is 0 Å². The molecule has 1 aromatic heterocycles. The van der Waals surface area contributed by atoms with Crippen LogP contribution in [0.1, 0.15) is 18.3 Å². The van der Waals surface area contributed by atoms with Crippen molar-refractivity contribution in [3.05, 3.63) is 63.9 Å². The summed E-state index contributed by atoms with van der Waals surface area (Å²) in [7, 11) is 0. The Morgan fingerprint density at radius 2 is 1.94 bits per heavy atom. The Bertz CT molecular complexity index is 1110. The molecule has 6 nitrogen and oxygen atoms in total. The number of rotatable bonds is 8. The van der Waals surface area contributed by atoms with E-state index < -0.39 is 11.7 Å². The lowest BCUT2D eigenvalue weighted by molar-refractivity contribution is -0.137. The first-order valence-electron chi connectivity index (χ1n) is 9.27. The van der Waals surface area contributed by atoms with E-state index in [1.54, 1.807) is 22.8 Å². The second-order valence-electron chi connectivity index (χ2n) is 6.42. The largest absolute Gasteiger partial charge is 0.486 e. The molecule has 0 bridgehead atoms. The quantitative estimate of drug-likeness (QED) is 0.384. The molecule has 0 saturated carbocycles. The summed E-state index contributed by atoms with van der Waals surface area (Å²) in [6, 6.07) is 9.37. The molecule has 0 aliphatic carbocycles. The fourth-order valence-electron chi connectivity index (χ4n) is 2.66. The fourth-order valence-corrected chi connectivity index (χ4v) is 3.78. The lowest BCUT2D eigenvalue weighted by Gasteiger charge is -2.11. The smallest absolute Gasteiger partial charge is 0.416 e. The number of hydrogen-bond donors (Lipinski definition) is 1. The van der Waals surface area contributed by atoms with Gasteiger partial charge in [0.25, 0.3) is 0 Å². The third kappa shape index (κ3) is 6.30. The highest BCUT2D eigenvalue weighted by molar-refractivity contribution is 7.99. The van der Waals surface area contributed by atoms with Gasteiger partial charge < -0.3 is 14.6 Å². The Kier molecular flexibility index (Phi) is 7.91. The minimum absolute atomic E-state index is 0.0624. The first kappa shape index (κ1) is 24.2. The summed E-state index contributed by atoms with van der Waals surface area (Å²) in [6.07, 6.45) is -4.45. The van der Waals surface area contributed by atoms with Gasteiger partial charge in [0.05, 0.1) is 21.4 Å². The predicted octanol–water partition coefficient (Wildman–Crippen LogP) is 5.93. The Morgan fingerprint density at radius 3 is 2.62 bits per heavy atom. The van der Waals surface area contributed by atoms with E-state index in [1.165, 1.54) is 23.9 Å². The van der Waals surface area contributed by atoms with Crippen molar-refractivity contribution in [2.24, 2.45) is 0 Å². The lowest BCUT2D eigenvalue weighted by atomic mass is 10.2. The Hall–Kier alpha value is -2.43.